The van der Waals surface area contributed by atoms with Gasteiger partial charge in [0.25, 0.3) is 11.8 Å². The number of halogens is 3. The van der Waals surface area contributed by atoms with E-state index in [0.717, 1.165) is 12.1 Å². The largest absolute Gasteiger partial charge is 0.573 e. The lowest BCUT2D eigenvalue weighted by atomic mass is 10.1. The molecular weight excluding hydrogens is 355 g/mol. The van der Waals surface area contributed by atoms with Crippen molar-refractivity contribution in [1.82, 2.24) is 10.9 Å². The van der Waals surface area contributed by atoms with Crippen LogP contribution >= 0.6 is 0 Å². The Kier molecular flexibility index (Phi) is 5.91. The standard InChI is InChI=1S/C16H12F3N3O4/c17-16(18,19)26-13-4-2-1-3-12(13)15(24)21-20-9-10-5-7-11(8-6-10)14(23)22-25/h1-9,25H,(H,21,24)(H,22,23). The minimum Gasteiger partial charge on any atom is -0.405 e. The van der Waals surface area contributed by atoms with Crippen molar-refractivity contribution < 1.29 is 32.7 Å². The van der Waals surface area contributed by atoms with Gasteiger partial charge in [-0.05, 0) is 29.8 Å². The zero-order valence-corrected chi connectivity index (χ0v) is 12.9. The molecule has 0 saturated carbocycles. The van der Waals surface area contributed by atoms with E-state index in [0.29, 0.717) is 5.56 Å². The summed E-state index contributed by atoms with van der Waals surface area (Å²) in [4.78, 5) is 23.1. The molecule has 2 aromatic rings. The number of amides is 2. The third kappa shape index (κ3) is 5.31. The summed E-state index contributed by atoms with van der Waals surface area (Å²) in [6.45, 7) is 0. The molecule has 2 aromatic carbocycles. The van der Waals surface area contributed by atoms with Crippen molar-refractivity contribution in [2.24, 2.45) is 5.10 Å². The maximum Gasteiger partial charge on any atom is 0.573 e. The molecule has 0 aromatic heterocycles. The van der Waals surface area contributed by atoms with Crippen LogP contribution in [0.3, 0.4) is 0 Å². The molecule has 2 amide bonds. The number of benzene rings is 2. The van der Waals surface area contributed by atoms with E-state index in [4.69, 9.17) is 5.21 Å². The predicted octanol–water partition coefficient (Wildman–Crippen LogP) is 2.47. The molecule has 0 radical (unpaired) electrons. The topological polar surface area (TPSA) is 100 Å². The highest BCUT2D eigenvalue weighted by molar-refractivity contribution is 5.97. The molecule has 0 heterocycles. The van der Waals surface area contributed by atoms with Gasteiger partial charge in [0.15, 0.2) is 0 Å². The van der Waals surface area contributed by atoms with Gasteiger partial charge in [-0.2, -0.15) is 5.10 Å². The number of alkyl halides is 3. The number of ether oxygens (including phenoxy) is 1. The van der Waals surface area contributed by atoms with Crippen molar-refractivity contribution in [3.8, 4) is 5.75 Å². The summed E-state index contributed by atoms with van der Waals surface area (Å²) in [6, 6.07) is 10.6. The lowest BCUT2D eigenvalue weighted by Gasteiger charge is -2.11. The van der Waals surface area contributed by atoms with Crippen molar-refractivity contribution in [3.63, 3.8) is 0 Å². The summed E-state index contributed by atoms with van der Waals surface area (Å²) in [5, 5.41) is 12.1. The molecule has 0 spiro atoms. The Balaban J connectivity index is 2.05. The summed E-state index contributed by atoms with van der Waals surface area (Å²) < 4.78 is 40.8. The van der Waals surface area contributed by atoms with Crippen LogP contribution in [0.1, 0.15) is 26.3 Å². The fraction of sp³-hybridized carbons (Fsp3) is 0.0625. The second-order valence-corrected chi connectivity index (χ2v) is 4.81. The van der Waals surface area contributed by atoms with Gasteiger partial charge in [0.1, 0.15) is 5.75 Å². The molecule has 0 fully saturated rings. The zero-order chi connectivity index (χ0) is 19.2. The van der Waals surface area contributed by atoms with Gasteiger partial charge < -0.3 is 4.74 Å². The van der Waals surface area contributed by atoms with Crippen LogP contribution in [0, 0.1) is 0 Å². The van der Waals surface area contributed by atoms with Crippen LogP contribution in [0.15, 0.2) is 53.6 Å². The first-order valence-corrected chi connectivity index (χ1v) is 7.03. The number of hydrazone groups is 1. The number of hydrogen-bond donors (Lipinski definition) is 3. The molecule has 3 N–H and O–H groups in total. The number of rotatable bonds is 5. The Hall–Kier alpha value is -3.40. The monoisotopic (exact) mass is 367 g/mol. The fourth-order valence-electron chi connectivity index (χ4n) is 1.88. The zero-order valence-electron chi connectivity index (χ0n) is 12.9. The van der Waals surface area contributed by atoms with Gasteiger partial charge in [0.05, 0.1) is 11.8 Å². The number of hydroxylamine groups is 1. The van der Waals surface area contributed by atoms with E-state index in [1.165, 1.54) is 48.1 Å². The van der Waals surface area contributed by atoms with E-state index in [1.54, 1.807) is 0 Å². The number of nitrogens with zero attached hydrogens (tertiary/aromatic N) is 1. The van der Waals surface area contributed by atoms with E-state index < -0.39 is 23.9 Å². The Labute approximate surface area is 145 Å². The third-order valence-electron chi connectivity index (χ3n) is 3.01. The Morgan fingerprint density at radius 3 is 2.31 bits per heavy atom. The molecule has 136 valence electrons. The van der Waals surface area contributed by atoms with Crippen LogP contribution in [-0.4, -0.2) is 29.6 Å². The fourth-order valence-corrected chi connectivity index (χ4v) is 1.88. The molecule has 0 unspecified atom stereocenters. The first kappa shape index (κ1) is 18.9. The summed E-state index contributed by atoms with van der Waals surface area (Å²) in [5.74, 6) is -2.23. The Morgan fingerprint density at radius 2 is 1.69 bits per heavy atom. The summed E-state index contributed by atoms with van der Waals surface area (Å²) >= 11 is 0. The van der Waals surface area contributed by atoms with Crippen LogP contribution < -0.4 is 15.6 Å². The number of carbonyl (C=O) groups is 2. The Bertz CT molecular complexity index is 820. The SMILES string of the molecule is O=C(NO)c1ccc(C=NNC(=O)c2ccccc2OC(F)(F)F)cc1. The normalized spacial score (nSPS) is 11.2. The van der Waals surface area contributed by atoms with Crippen LogP contribution in [0.25, 0.3) is 0 Å². The van der Waals surface area contributed by atoms with Gasteiger partial charge >= 0.3 is 6.36 Å². The van der Waals surface area contributed by atoms with Gasteiger partial charge in [-0.1, -0.05) is 24.3 Å². The highest BCUT2D eigenvalue weighted by Crippen LogP contribution is 2.26. The molecule has 7 nitrogen and oxygen atoms in total. The maximum atomic E-state index is 12.3. The first-order chi connectivity index (χ1) is 12.3. The minimum absolute atomic E-state index is 0.201. The van der Waals surface area contributed by atoms with E-state index in [-0.39, 0.29) is 11.1 Å². The number of hydrogen-bond acceptors (Lipinski definition) is 5. The van der Waals surface area contributed by atoms with E-state index >= 15 is 0 Å². The van der Waals surface area contributed by atoms with Crippen LogP contribution in [0.5, 0.6) is 5.75 Å². The summed E-state index contributed by atoms with van der Waals surface area (Å²) in [5.41, 5.74) is 3.93. The quantitative estimate of drug-likeness (QED) is 0.429. The average Bonchev–Trinajstić information content (AvgIpc) is 2.60. The van der Waals surface area contributed by atoms with Crippen LogP contribution in [0.4, 0.5) is 13.2 Å². The highest BCUT2D eigenvalue weighted by Gasteiger charge is 2.32. The second kappa shape index (κ2) is 8.12. The van der Waals surface area contributed by atoms with Crippen molar-refractivity contribution in [2.45, 2.75) is 6.36 Å². The summed E-state index contributed by atoms with van der Waals surface area (Å²) in [6.07, 6.45) is -3.70. The van der Waals surface area contributed by atoms with Crippen molar-refractivity contribution >= 4 is 18.0 Å². The molecule has 0 atom stereocenters. The van der Waals surface area contributed by atoms with Gasteiger partial charge in [-0.3, -0.25) is 14.8 Å². The molecule has 0 bridgehead atoms. The lowest BCUT2D eigenvalue weighted by Crippen LogP contribution is -2.22. The molecule has 0 aliphatic carbocycles. The Morgan fingerprint density at radius 1 is 1.04 bits per heavy atom. The number of para-hydroxylation sites is 1. The smallest absolute Gasteiger partial charge is 0.405 e. The molecule has 26 heavy (non-hydrogen) atoms. The highest BCUT2D eigenvalue weighted by atomic mass is 19.4. The maximum absolute atomic E-state index is 12.3. The van der Waals surface area contributed by atoms with Gasteiger partial charge in [0, 0.05) is 5.56 Å². The van der Waals surface area contributed by atoms with E-state index in [1.807, 2.05) is 0 Å². The number of carbonyl (C=O) groups excluding carboxylic acids is 2. The van der Waals surface area contributed by atoms with Crippen molar-refractivity contribution in [2.75, 3.05) is 0 Å². The minimum atomic E-state index is -4.93. The van der Waals surface area contributed by atoms with Crippen molar-refractivity contribution in [1.29, 1.82) is 0 Å². The third-order valence-corrected chi connectivity index (χ3v) is 3.01. The average molecular weight is 367 g/mol. The van der Waals surface area contributed by atoms with Crippen molar-refractivity contribution in [3.05, 3.63) is 65.2 Å². The summed E-state index contributed by atoms with van der Waals surface area (Å²) in [7, 11) is 0. The van der Waals surface area contributed by atoms with E-state index in [2.05, 4.69) is 15.3 Å². The molecule has 0 aliphatic heterocycles. The van der Waals surface area contributed by atoms with Gasteiger partial charge in [-0.25, -0.2) is 10.9 Å². The second-order valence-electron chi connectivity index (χ2n) is 4.81. The molecular formula is C16H12F3N3O4. The predicted molar refractivity (Wildman–Crippen MR) is 83.9 cm³/mol. The van der Waals surface area contributed by atoms with E-state index in [9.17, 15) is 22.8 Å². The van der Waals surface area contributed by atoms with Gasteiger partial charge in [0.2, 0.25) is 0 Å². The molecule has 2 rings (SSSR count). The molecule has 0 saturated heterocycles. The van der Waals surface area contributed by atoms with Crippen LogP contribution in [-0.2, 0) is 0 Å². The number of nitrogens with one attached hydrogen (secondary N) is 2. The first-order valence-electron chi connectivity index (χ1n) is 7.03. The van der Waals surface area contributed by atoms with Gasteiger partial charge in [-0.15, -0.1) is 13.2 Å². The lowest BCUT2D eigenvalue weighted by molar-refractivity contribution is -0.274. The molecule has 0 aliphatic rings. The van der Waals surface area contributed by atoms with Crippen LogP contribution in [0.2, 0.25) is 0 Å². The molecule has 10 heteroatoms.